The molecule has 165 valence electrons. The fraction of sp³-hybridized carbons (Fsp3) is 0.143. The number of benzene rings is 4. The number of amides is 3. The van der Waals surface area contributed by atoms with Crippen molar-refractivity contribution in [2.45, 2.75) is 26.7 Å². The molecule has 0 atom stereocenters. The van der Waals surface area contributed by atoms with Gasteiger partial charge in [-0.1, -0.05) is 68.4 Å². The summed E-state index contributed by atoms with van der Waals surface area (Å²) in [6, 6.07) is 27.0. The Morgan fingerprint density at radius 1 is 0.758 bits per heavy atom. The lowest BCUT2D eigenvalue weighted by molar-refractivity contribution is 0.102. The third-order valence-electron chi connectivity index (χ3n) is 5.59. The van der Waals surface area contributed by atoms with Crippen molar-refractivity contribution in [1.82, 2.24) is 0 Å². The summed E-state index contributed by atoms with van der Waals surface area (Å²) in [5, 5.41) is 10.7. The predicted octanol–water partition coefficient (Wildman–Crippen LogP) is 6.66. The first-order valence-corrected chi connectivity index (χ1v) is 11.1. The van der Waals surface area contributed by atoms with E-state index in [4.69, 9.17) is 0 Å². The number of nitrogens with one attached hydrogen (secondary N) is 3. The normalized spacial score (nSPS) is 10.6. The van der Waals surface area contributed by atoms with E-state index in [0.717, 1.165) is 40.4 Å². The van der Waals surface area contributed by atoms with E-state index < -0.39 is 0 Å². The Hall–Kier alpha value is -4.12. The number of fused-ring (bicyclic) bond motifs is 1. The minimum Gasteiger partial charge on any atom is -0.322 e. The Morgan fingerprint density at radius 3 is 2.03 bits per heavy atom. The van der Waals surface area contributed by atoms with Crippen LogP contribution in [0.5, 0.6) is 0 Å². The summed E-state index contributed by atoms with van der Waals surface area (Å²) < 4.78 is 0. The quantitative estimate of drug-likeness (QED) is 0.316. The van der Waals surface area contributed by atoms with Crippen LogP contribution in [-0.2, 0) is 12.8 Å². The number of hydrogen-bond donors (Lipinski definition) is 3. The first-order chi connectivity index (χ1) is 16.1. The number of hydrogen-bond acceptors (Lipinski definition) is 2. The fourth-order valence-electron chi connectivity index (χ4n) is 3.87. The average molecular weight is 437 g/mol. The van der Waals surface area contributed by atoms with E-state index >= 15 is 0 Å². The van der Waals surface area contributed by atoms with Gasteiger partial charge in [-0.15, -0.1) is 0 Å². The second kappa shape index (κ2) is 10.0. The molecule has 33 heavy (non-hydrogen) atoms. The van der Waals surface area contributed by atoms with Gasteiger partial charge in [0, 0.05) is 11.4 Å². The molecule has 4 aromatic rings. The van der Waals surface area contributed by atoms with E-state index in [0.29, 0.717) is 16.9 Å². The smallest absolute Gasteiger partial charge is 0.322 e. The second-order valence-electron chi connectivity index (χ2n) is 7.73. The van der Waals surface area contributed by atoms with Gasteiger partial charge in [-0.25, -0.2) is 4.79 Å². The molecule has 0 aliphatic heterocycles. The highest BCUT2D eigenvalue weighted by Crippen LogP contribution is 2.27. The van der Waals surface area contributed by atoms with Gasteiger partial charge in [-0.2, -0.15) is 0 Å². The highest BCUT2D eigenvalue weighted by Gasteiger charge is 2.17. The van der Waals surface area contributed by atoms with E-state index in [9.17, 15) is 9.59 Å². The van der Waals surface area contributed by atoms with Gasteiger partial charge >= 0.3 is 6.03 Å². The van der Waals surface area contributed by atoms with Crippen molar-refractivity contribution < 1.29 is 9.59 Å². The van der Waals surface area contributed by atoms with Gasteiger partial charge in [0.2, 0.25) is 0 Å². The Kier molecular flexibility index (Phi) is 6.69. The highest BCUT2D eigenvalue weighted by molar-refractivity contribution is 6.14. The monoisotopic (exact) mass is 436 g/mol. The molecule has 5 nitrogen and oxygen atoms in total. The van der Waals surface area contributed by atoms with Gasteiger partial charge in [-0.05, 0) is 65.1 Å². The van der Waals surface area contributed by atoms with Crippen LogP contribution >= 0.6 is 0 Å². The van der Waals surface area contributed by atoms with Crippen molar-refractivity contribution in [3.05, 3.63) is 102 Å². The number of urea groups is 1. The molecule has 0 saturated heterocycles. The standard InChI is InChI=1S/C28H26N3O2/c1-3-19-13-10-14-20(4-2)26(19)31-28(33)30-25-18-22-12-9-8-11-21(22)17-24(25)27(32)29-23-15-6-5-7-16-23/h6-18H,3-4H2,1-2H3,(H,29,32)(H2,30,31,33). The predicted molar refractivity (Wildman–Crippen MR) is 135 cm³/mol. The maximum atomic E-state index is 13.1. The largest absolute Gasteiger partial charge is 0.323 e. The van der Waals surface area contributed by atoms with Gasteiger partial charge in [-0.3, -0.25) is 4.79 Å². The molecule has 0 unspecified atom stereocenters. The van der Waals surface area contributed by atoms with Gasteiger partial charge in [0.15, 0.2) is 0 Å². The lowest BCUT2D eigenvalue weighted by atomic mass is 10.0. The van der Waals surface area contributed by atoms with Gasteiger partial charge in [0.1, 0.15) is 0 Å². The summed E-state index contributed by atoms with van der Waals surface area (Å²) in [6.45, 7) is 4.12. The van der Waals surface area contributed by atoms with Crippen LogP contribution in [0.15, 0.2) is 78.9 Å². The number of carbonyl (C=O) groups excluding carboxylic acids is 2. The molecule has 4 rings (SSSR count). The first kappa shape index (κ1) is 22.1. The summed E-state index contributed by atoms with van der Waals surface area (Å²) in [5.74, 6) is -0.301. The van der Waals surface area contributed by atoms with Gasteiger partial charge < -0.3 is 16.0 Å². The molecule has 0 aliphatic carbocycles. The molecule has 0 saturated carbocycles. The van der Waals surface area contributed by atoms with Crippen LogP contribution in [0, 0.1) is 6.07 Å². The molecule has 0 bridgehead atoms. The van der Waals surface area contributed by atoms with E-state index in [2.05, 4.69) is 35.9 Å². The molecular formula is C28H26N3O2. The second-order valence-corrected chi connectivity index (χ2v) is 7.73. The third kappa shape index (κ3) is 5.04. The zero-order valence-corrected chi connectivity index (χ0v) is 18.7. The number of rotatable bonds is 6. The van der Waals surface area contributed by atoms with Crippen LogP contribution in [0.2, 0.25) is 0 Å². The van der Waals surface area contributed by atoms with Crippen LogP contribution in [0.4, 0.5) is 21.9 Å². The lowest BCUT2D eigenvalue weighted by Crippen LogP contribution is -2.23. The van der Waals surface area contributed by atoms with Gasteiger partial charge in [0.05, 0.1) is 11.3 Å². The van der Waals surface area contributed by atoms with Crippen LogP contribution in [0.25, 0.3) is 10.8 Å². The van der Waals surface area contributed by atoms with Gasteiger partial charge in [0.25, 0.3) is 5.91 Å². The molecule has 0 spiro atoms. The first-order valence-electron chi connectivity index (χ1n) is 11.1. The Balaban J connectivity index is 1.66. The van der Waals surface area contributed by atoms with Crippen molar-refractivity contribution in [1.29, 1.82) is 0 Å². The summed E-state index contributed by atoms with van der Waals surface area (Å²) in [4.78, 5) is 26.2. The van der Waals surface area contributed by atoms with E-state index in [-0.39, 0.29) is 11.9 Å². The highest BCUT2D eigenvalue weighted by atomic mass is 16.2. The lowest BCUT2D eigenvalue weighted by Gasteiger charge is -2.17. The third-order valence-corrected chi connectivity index (χ3v) is 5.59. The molecule has 0 fully saturated rings. The van der Waals surface area contributed by atoms with Crippen molar-refractivity contribution in [3.8, 4) is 0 Å². The molecule has 3 amide bonds. The maximum absolute atomic E-state index is 13.1. The van der Waals surface area contributed by atoms with Crippen molar-refractivity contribution in [2.24, 2.45) is 0 Å². The van der Waals surface area contributed by atoms with Crippen LogP contribution in [0.1, 0.15) is 35.3 Å². The fourth-order valence-corrected chi connectivity index (χ4v) is 3.87. The number of carbonyl (C=O) groups is 2. The molecular weight excluding hydrogens is 410 g/mol. The Labute approximate surface area is 193 Å². The minimum atomic E-state index is -0.385. The topological polar surface area (TPSA) is 70.2 Å². The number of para-hydroxylation sites is 1. The molecule has 5 heteroatoms. The van der Waals surface area contributed by atoms with Crippen LogP contribution < -0.4 is 16.0 Å². The molecule has 0 aromatic heterocycles. The van der Waals surface area contributed by atoms with Crippen molar-refractivity contribution in [3.63, 3.8) is 0 Å². The SMILES string of the molecule is CCc1cccc(CC)c1NC(=O)Nc1cc2ccccc2cc1C(=O)Nc1cc[c]cc1. The van der Waals surface area contributed by atoms with Crippen molar-refractivity contribution >= 4 is 39.8 Å². The molecule has 0 heterocycles. The minimum absolute atomic E-state index is 0.301. The maximum Gasteiger partial charge on any atom is 0.323 e. The average Bonchev–Trinajstić information content (AvgIpc) is 2.84. The number of aryl methyl sites for hydroxylation is 2. The Bertz CT molecular complexity index is 1280. The molecule has 1 radical (unpaired) electrons. The molecule has 4 aromatic carbocycles. The van der Waals surface area contributed by atoms with E-state index in [1.165, 1.54) is 0 Å². The Morgan fingerprint density at radius 2 is 1.39 bits per heavy atom. The van der Waals surface area contributed by atoms with E-state index in [1.54, 1.807) is 30.3 Å². The molecule has 0 aliphatic rings. The van der Waals surface area contributed by atoms with Crippen molar-refractivity contribution in [2.75, 3.05) is 16.0 Å². The van der Waals surface area contributed by atoms with Crippen LogP contribution in [-0.4, -0.2) is 11.9 Å². The summed E-state index contributed by atoms with van der Waals surface area (Å²) in [7, 11) is 0. The summed E-state index contributed by atoms with van der Waals surface area (Å²) in [6.07, 6.45) is 1.61. The zero-order chi connectivity index (χ0) is 23.2. The summed E-state index contributed by atoms with van der Waals surface area (Å²) >= 11 is 0. The summed E-state index contributed by atoms with van der Waals surface area (Å²) in [5.41, 5.74) is 4.46. The zero-order valence-electron chi connectivity index (χ0n) is 18.7. The van der Waals surface area contributed by atoms with E-state index in [1.807, 2.05) is 48.5 Å². The van der Waals surface area contributed by atoms with Crippen LogP contribution in [0.3, 0.4) is 0 Å². The molecule has 3 N–H and O–H groups in total. The number of anilines is 3.